The van der Waals surface area contributed by atoms with E-state index >= 15 is 0 Å². The van der Waals surface area contributed by atoms with Gasteiger partial charge in [-0.05, 0) is 64.5 Å². The second-order valence-electron chi connectivity index (χ2n) is 12.5. The van der Waals surface area contributed by atoms with Crippen LogP contribution in [0.5, 0.6) is 0 Å². The van der Waals surface area contributed by atoms with Gasteiger partial charge in [-0.15, -0.1) is 11.3 Å². The van der Waals surface area contributed by atoms with Gasteiger partial charge in [0, 0.05) is 42.9 Å². The second-order valence-corrected chi connectivity index (χ2v) is 13.5. The lowest BCUT2D eigenvalue weighted by atomic mass is 9.95. The summed E-state index contributed by atoms with van der Waals surface area (Å²) in [6.45, 7) is 0. The molecule has 230 valence electrons. The molecule has 0 aliphatic heterocycles. The minimum absolute atomic E-state index is 0.883. The Morgan fingerprint density at radius 3 is 1.92 bits per heavy atom. The molecule has 0 saturated heterocycles. The summed E-state index contributed by atoms with van der Waals surface area (Å²) in [7, 11) is 0. The molecule has 0 aliphatic carbocycles. The summed E-state index contributed by atoms with van der Waals surface area (Å²) >= 11 is 1.86. The van der Waals surface area contributed by atoms with Crippen molar-refractivity contribution in [3.63, 3.8) is 0 Å². The van der Waals surface area contributed by atoms with Gasteiger partial charge in [0.2, 0.25) is 0 Å². The number of fused-ring (bicyclic) bond motifs is 8. The van der Waals surface area contributed by atoms with Crippen LogP contribution >= 0.6 is 11.3 Å². The molecule has 8 aromatic carbocycles. The van der Waals surface area contributed by atoms with Crippen molar-refractivity contribution in [3.8, 4) is 22.3 Å². The van der Waals surface area contributed by atoms with E-state index in [4.69, 9.17) is 4.42 Å². The number of rotatable bonds is 5. The molecule has 2 aromatic heterocycles. The highest BCUT2D eigenvalue weighted by Crippen LogP contribution is 2.50. The number of benzene rings is 8. The summed E-state index contributed by atoms with van der Waals surface area (Å²) in [6.07, 6.45) is 0. The van der Waals surface area contributed by atoms with Gasteiger partial charge in [0.05, 0.1) is 16.1 Å². The van der Waals surface area contributed by atoms with Crippen LogP contribution in [0.1, 0.15) is 0 Å². The van der Waals surface area contributed by atoms with Crippen LogP contribution in [0.3, 0.4) is 0 Å². The van der Waals surface area contributed by atoms with Crippen molar-refractivity contribution in [2.24, 2.45) is 0 Å². The van der Waals surface area contributed by atoms with Gasteiger partial charge in [0.1, 0.15) is 11.2 Å². The van der Waals surface area contributed by atoms with Crippen molar-refractivity contribution < 1.29 is 4.42 Å². The summed E-state index contributed by atoms with van der Waals surface area (Å²) in [6, 6.07) is 63.1. The minimum Gasteiger partial charge on any atom is -0.455 e. The van der Waals surface area contributed by atoms with Crippen LogP contribution in [-0.2, 0) is 0 Å². The third-order valence-electron chi connectivity index (χ3n) is 9.67. The second kappa shape index (κ2) is 11.2. The van der Waals surface area contributed by atoms with Crippen molar-refractivity contribution in [1.29, 1.82) is 0 Å². The number of thiophene rings is 1. The van der Waals surface area contributed by atoms with E-state index in [1.165, 1.54) is 36.7 Å². The highest BCUT2D eigenvalue weighted by Gasteiger charge is 2.25. The van der Waals surface area contributed by atoms with Gasteiger partial charge in [0.25, 0.3) is 0 Å². The van der Waals surface area contributed by atoms with Crippen LogP contribution in [0.2, 0.25) is 0 Å². The van der Waals surface area contributed by atoms with Crippen LogP contribution in [0.25, 0.3) is 75.1 Å². The number of anilines is 3. The molecule has 0 unspecified atom stereocenters. The van der Waals surface area contributed by atoms with E-state index in [1.807, 2.05) is 11.3 Å². The Morgan fingerprint density at radius 1 is 0.429 bits per heavy atom. The number of nitrogens with zero attached hydrogens (tertiary/aromatic N) is 1. The van der Waals surface area contributed by atoms with E-state index in [1.54, 1.807) is 0 Å². The Balaban J connectivity index is 1.30. The molecule has 10 aromatic rings. The first-order chi connectivity index (χ1) is 24.3. The first kappa shape index (κ1) is 27.9. The lowest BCUT2D eigenvalue weighted by Crippen LogP contribution is -2.11. The Kier molecular flexibility index (Phi) is 6.39. The zero-order valence-corrected chi connectivity index (χ0v) is 27.3. The predicted molar refractivity (Wildman–Crippen MR) is 210 cm³/mol. The lowest BCUT2D eigenvalue weighted by molar-refractivity contribution is 0.673. The highest BCUT2D eigenvalue weighted by atomic mass is 32.1. The van der Waals surface area contributed by atoms with Gasteiger partial charge >= 0.3 is 0 Å². The van der Waals surface area contributed by atoms with Gasteiger partial charge < -0.3 is 9.32 Å². The van der Waals surface area contributed by atoms with E-state index in [9.17, 15) is 0 Å². The van der Waals surface area contributed by atoms with Crippen LogP contribution in [0.15, 0.2) is 180 Å². The maximum atomic E-state index is 6.73. The quantitative estimate of drug-likeness (QED) is 0.186. The van der Waals surface area contributed by atoms with Crippen molar-refractivity contribution in [3.05, 3.63) is 176 Å². The molecule has 0 atom stereocenters. The molecule has 0 N–H and O–H groups in total. The first-order valence-corrected chi connectivity index (χ1v) is 17.4. The van der Waals surface area contributed by atoms with E-state index in [0.29, 0.717) is 0 Å². The molecular weight excluding hydrogens is 615 g/mol. The van der Waals surface area contributed by atoms with Crippen molar-refractivity contribution >= 4 is 81.3 Å². The SMILES string of the molecule is c1ccc(-c2ccc(N(c3ccc4oc5c6ccccc6ccc5c4c3-c3ccccc3)c3cccc4c3sc3ccccc34)cc2)cc1. The zero-order valence-electron chi connectivity index (χ0n) is 26.5. The van der Waals surface area contributed by atoms with Gasteiger partial charge in [0.15, 0.2) is 0 Å². The average molecular weight is 644 g/mol. The van der Waals surface area contributed by atoms with Crippen LogP contribution in [0, 0.1) is 0 Å². The zero-order chi connectivity index (χ0) is 32.3. The van der Waals surface area contributed by atoms with E-state index in [0.717, 1.165) is 55.5 Å². The molecule has 10 rings (SSSR count). The molecule has 0 fully saturated rings. The monoisotopic (exact) mass is 643 g/mol. The molecule has 0 amide bonds. The van der Waals surface area contributed by atoms with Crippen molar-refractivity contribution in [1.82, 2.24) is 0 Å². The fraction of sp³-hybridized carbons (Fsp3) is 0. The summed E-state index contributed by atoms with van der Waals surface area (Å²) in [5.74, 6) is 0. The molecule has 0 radical (unpaired) electrons. The molecule has 0 saturated carbocycles. The van der Waals surface area contributed by atoms with Crippen LogP contribution in [-0.4, -0.2) is 0 Å². The number of furan rings is 1. The summed E-state index contributed by atoms with van der Waals surface area (Å²) < 4.78 is 9.28. The lowest BCUT2D eigenvalue weighted by Gasteiger charge is -2.29. The fourth-order valence-corrected chi connectivity index (χ4v) is 8.62. The van der Waals surface area contributed by atoms with Crippen molar-refractivity contribution in [2.75, 3.05) is 4.90 Å². The maximum absolute atomic E-state index is 6.73. The molecular formula is C46H29NOS. The molecule has 2 nitrogen and oxygen atoms in total. The molecule has 0 bridgehead atoms. The third-order valence-corrected chi connectivity index (χ3v) is 10.9. The Morgan fingerprint density at radius 2 is 1.10 bits per heavy atom. The summed E-state index contributed by atoms with van der Waals surface area (Å²) in [4.78, 5) is 2.45. The third kappa shape index (κ3) is 4.47. The van der Waals surface area contributed by atoms with E-state index in [-0.39, 0.29) is 0 Å². The predicted octanol–water partition coefficient (Wildman–Crippen LogP) is 13.9. The average Bonchev–Trinajstić information content (AvgIpc) is 3.75. The van der Waals surface area contributed by atoms with E-state index in [2.05, 4.69) is 181 Å². The maximum Gasteiger partial charge on any atom is 0.143 e. The minimum atomic E-state index is 0.883. The van der Waals surface area contributed by atoms with Gasteiger partial charge in [-0.2, -0.15) is 0 Å². The first-order valence-electron chi connectivity index (χ1n) is 16.6. The summed E-state index contributed by atoms with van der Waals surface area (Å²) in [5.41, 5.74) is 9.85. The smallest absolute Gasteiger partial charge is 0.143 e. The molecule has 3 heteroatoms. The summed E-state index contributed by atoms with van der Waals surface area (Å²) in [5, 5.41) is 7.10. The molecule has 49 heavy (non-hydrogen) atoms. The fourth-order valence-electron chi connectivity index (χ4n) is 7.42. The number of hydrogen-bond acceptors (Lipinski definition) is 3. The Labute approximate surface area is 287 Å². The largest absolute Gasteiger partial charge is 0.455 e. The normalized spacial score (nSPS) is 11.7. The van der Waals surface area contributed by atoms with Gasteiger partial charge in [-0.3, -0.25) is 0 Å². The van der Waals surface area contributed by atoms with Crippen LogP contribution < -0.4 is 4.90 Å². The van der Waals surface area contributed by atoms with E-state index < -0.39 is 0 Å². The Bertz CT molecular complexity index is 2810. The Hall–Kier alpha value is -6.16. The molecule has 0 spiro atoms. The van der Waals surface area contributed by atoms with Crippen molar-refractivity contribution in [2.45, 2.75) is 0 Å². The van der Waals surface area contributed by atoms with Gasteiger partial charge in [-0.25, -0.2) is 0 Å². The van der Waals surface area contributed by atoms with Gasteiger partial charge in [-0.1, -0.05) is 133 Å². The van der Waals surface area contributed by atoms with Crippen LogP contribution in [0.4, 0.5) is 17.1 Å². The molecule has 2 heterocycles. The number of hydrogen-bond donors (Lipinski definition) is 0. The highest BCUT2D eigenvalue weighted by molar-refractivity contribution is 7.26. The standard InChI is InChI=1S/C46H29NOS/c1-3-12-30(13-4-1)31-22-25-34(26-23-31)47(40-20-11-19-37-36-18-9-10-21-42(36)49-46(37)40)39-28-29-41-44(43(39)33-15-5-2-6-16-33)38-27-24-32-14-7-8-17-35(32)45(38)48-41/h1-29H. The topological polar surface area (TPSA) is 16.4 Å². The molecule has 0 aliphatic rings.